The predicted octanol–water partition coefficient (Wildman–Crippen LogP) is 4.06. The van der Waals surface area contributed by atoms with E-state index in [-0.39, 0.29) is 12.5 Å². The highest BCUT2D eigenvalue weighted by atomic mass is 32.2. The molecule has 1 amide bonds. The van der Waals surface area contributed by atoms with Crippen molar-refractivity contribution in [2.24, 2.45) is 0 Å². The molecule has 0 aliphatic rings. The Hall–Kier alpha value is -1.60. The van der Waals surface area contributed by atoms with Gasteiger partial charge in [0.25, 0.3) is 5.91 Å². The molecule has 0 saturated carbocycles. The van der Waals surface area contributed by atoms with Crippen LogP contribution in [-0.4, -0.2) is 28.5 Å². The molecule has 124 valence electrons. The first-order valence-corrected chi connectivity index (χ1v) is 9.35. The van der Waals surface area contributed by atoms with Crippen LogP contribution in [0.3, 0.4) is 0 Å². The second-order valence-electron chi connectivity index (χ2n) is 5.16. The second-order valence-corrected chi connectivity index (χ2v) is 7.48. The molecule has 7 heteroatoms. The van der Waals surface area contributed by atoms with E-state index < -0.39 is 0 Å². The summed E-state index contributed by atoms with van der Waals surface area (Å²) in [5.74, 6) is 1.48. The molecule has 0 atom stereocenters. The van der Waals surface area contributed by atoms with E-state index in [2.05, 4.69) is 22.4 Å². The molecule has 0 radical (unpaired) electrons. The van der Waals surface area contributed by atoms with Gasteiger partial charge in [-0.15, -0.1) is 10.2 Å². The number of carbonyl (C=O) groups excluding carboxylic acids is 1. The highest BCUT2D eigenvalue weighted by Crippen LogP contribution is 2.26. The zero-order chi connectivity index (χ0) is 16.7. The minimum Gasteiger partial charge on any atom is -0.484 e. The van der Waals surface area contributed by atoms with Gasteiger partial charge in [-0.1, -0.05) is 42.5 Å². The van der Waals surface area contributed by atoms with Crippen LogP contribution in [0.25, 0.3) is 0 Å². The first-order chi connectivity index (χ1) is 11.1. The summed E-state index contributed by atoms with van der Waals surface area (Å²) < 4.78 is 6.38. The zero-order valence-electron chi connectivity index (χ0n) is 13.6. The van der Waals surface area contributed by atoms with Crippen molar-refractivity contribution in [2.75, 3.05) is 17.7 Å². The molecule has 1 heterocycles. The third-order valence-electron chi connectivity index (χ3n) is 3.22. The molecule has 5 nitrogen and oxygen atoms in total. The average Bonchev–Trinajstić information content (AvgIpc) is 2.96. The van der Waals surface area contributed by atoms with Crippen LogP contribution in [0.4, 0.5) is 5.13 Å². The zero-order valence-corrected chi connectivity index (χ0v) is 15.2. The van der Waals surface area contributed by atoms with Crippen LogP contribution in [0.5, 0.6) is 5.75 Å². The Bertz CT molecular complexity index is 659. The summed E-state index contributed by atoms with van der Waals surface area (Å²) in [6.07, 6.45) is 2.31. The van der Waals surface area contributed by atoms with E-state index in [0.717, 1.165) is 28.5 Å². The summed E-state index contributed by atoms with van der Waals surface area (Å²) in [7, 11) is 0. The highest BCUT2D eigenvalue weighted by Gasteiger charge is 2.09. The number of thioether (sulfide) groups is 1. The van der Waals surface area contributed by atoms with Crippen molar-refractivity contribution in [3.05, 3.63) is 29.3 Å². The van der Waals surface area contributed by atoms with Crippen LogP contribution in [0.1, 0.15) is 30.9 Å². The molecular formula is C16H21N3O2S2. The molecule has 1 aromatic heterocycles. The lowest BCUT2D eigenvalue weighted by Gasteiger charge is -2.07. The molecular weight excluding hydrogens is 330 g/mol. The SMILES string of the molecule is CCCCSc1nnc(NC(=O)COc2ccc(C)c(C)c2)s1. The minimum absolute atomic E-state index is 0.0413. The van der Waals surface area contributed by atoms with Gasteiger partial charge in [0.2, 0.25) is 5.13 Å². The normalized spacial score (nSPS) is 10.6. The molecule has 0 spiro atoms. The number of rotatable bonds is 8. The van der Waals surface area contributed by atoms with Crippen LogP contribution in [0.15, 0.2) is 22.5 Å². The summed E-state index contributed by atoms with van der Waals surface area (Å²) in [4.78, 5) is 11.9. The topological polar surface area (TPSA) is 64.1 Å². The maximum absolute atomic E-state index is 11.9. The molecule has 0 fully saturated rings. The largest absolute Gasteiger partial charge is 0.484 e. The average molecular weight is 351 g/mol. The summed E-state index contributed by atoms with van der Waals surface area (Å²) in [5.41, 5.74) is 2.34. The first kappa shape index (κ1) is 17.7. The smallest absolute Gasteiger partial charge is 0.264 e. The van der Waals surface area contributed by atoms with E-state index >= 15 is 0 Å². The van der Waals surface area contributed by atoms with Crippen molar-refractivity contribution in [3.63, 3.8) is 0 Å². The Labute approximate surface area is 144 Å². The lowest BCUT2D eigenvalue weighted by Crippen LogP contribution is -2.20. The number of hydrogen-bond acceptors (Lipinski definition) is 6. The number of nitrogens with zero attached hydrogens (tertiary/aromatic N) is 2. The number of unbranched alkanes of at least 4 members (excludes halogenated alkanes) is 1. The van der Waals surface area contributed by atoms with E-state index in [9.17, 15) is 4.79 Å². The third kappa shape index (κ3) is 5.84. The van der Waals surface area contributed by atoms with Gasteiger partial charge in [-0.3, -0.25) is 10.1 Å². The molecule has 1 N–H and O–H groups in total. The van der Waals surface area contributed by atoms with Gasteiger partial charge in [-0.25, -0.2) is 0 Å². The number of nitrogens with one attached hydrogen (secondary N) is 1. The fourth-order valence-corrected chi connectivity index (χ4v) is 3.65. The van der Waals surface area contributed by atoms with E-state index in [1.165, 1.54) is 16.9 Å². The number of benzene rings is 1. The van der Waals surface area contributed by atoms with Crippen molar-refractivity contribution in [3.8, 4) is 5.75 Å². The fourth-order valence-electron chi connectivity index (χ4n) is 1.73. The van der Waals surface area contributed by atoms with Gasteiger partial charge in [0, 0.05) is 5.75 Å². The lowest BCUT2D eigenvalue weighted by atomic mass is 10.1. The lowest BCUT2D eigenvalue weighted by molar-refractivity contribution is -0.118. The van der Waals surface area contributed by atoms with Crippen LogP contribution < -0.4 is 10.1 Å². The summed E-state index contributed by atoms with van der Waals surface area (Å²) in [6, 6.07) is 5.77. The Balaban J connectivity index is 1.79. The molecule has 2 rings (SSSR count). The van der Waals surface area contributed by atoms with E-state index in [1.807, 2.05) is 32.0 Å². The first-order valence-electron chi connectivity index (χ1n) is 7.54. The van der Waals surface area contributed by atoms with Gasteiger partial charge < -0.3 is 4.74 Å². The molecule has 23 heavy (non-hydrogen) atoms. The molecule has 1 aromatic carbocycles. The Kier molecular flexibility index (Phi) is 6.85. The monoisotopic (exact) mass is 351 g/mol. The van der Waals surface area contributed by atoms with Crippen LogP contribution in [-0.2, 0) is 4.79 Å². The third-order valence-corrected chi connectivity index (χ3v) is 5.28. The van der Waals surface area contributed by atoms with Crippen LogP contribution >= 0.6 is 23.1 Å². The number of aromatic nitrogens is 2. The van der Waals surface area contributed by atoms with Gasteiger partial charge in [-0.2, -0.15) is 0 Å². The maximum atomic E-state index is 11.9. The molecule has 0 bridgehead atoms. The predicted molar refractivity (Wildman–Crippen MR) is 95.6 cm³/mol. The minimum atomic E-state index is -0.232. The highest BCUT2D eigenvalue weighted by molar-refractivity contribution is 8.01. The molecule has 0 unspecified atom stereocenters. The Morgan fingerprint density at radius 1 is 1.30 bits per heavy atom. The number of aryl methyl sites for hydroxylation is 2. The second kappa shape index (κ2) is 8.88. The Morgan fingerprint density at radius 2 is 2.13 bits per heavy atom. The van der Waals surface area contributed by atoms with Gasteiger partial charge in [0.05, 0.1) is 0 Å². The molecule has 0 aliphatic carbocycles. The van der Waals surface area contributed by atoms with E-state index in [0.29, 0.717) is 10.9 Å². The van der Waals surface area contributed by atoms with E-state index in [4.69, 9.17) is 4.74 Å². The van der Waals surface area contributed by atoms with Crippen molar-refractivity contribution < 1.29 is 9.53 Å². The van der Waals surface area contributed by atoms with Crippen molar-refractivity contribution in [1.82, 2.24) is 10.2 Å². The van der Waals surface area contributed by atoms with Gasteiger partial charge in [-0.05, 0) is 43.5 Å². The van der Waals surface area contributed by atoms with Gasteiger partial charge in [0.15, 0.2) is 10.9 Å². The van der Waals surface area contributed by atoms with Gasteiger partial charge >= 0.3 is 0 Å². The van der Waals surface area contributed by atoms with Crippen molar-refractivity contribution >= 4 is 34.1 Å². The van der Waals surface area contributed by atoms with Crippen LogP contribution in [0, 0.1) is 13.8 Å². The summed E-state index contributed by atoms with van der Waals surface area (Å²) in [6.45, 7) is 6.17. The number of amides is 1. The number of hydrogen-bond donors (Lipinski definition) is 1. The molecule has 0 saturated heterocycles. The molecule has 2 aromatic rings. The van der Waals surface area contributed by atoms with Crippen molar-refractivity contribution in [1.29, 1.82) is 0 Å². The number of anilines is 1. The van der Waals surface area contributed by atoms with Crippen molar-refractivity contribution in [2.45, 2.75) is 38.0 Å². The van der Waals surface area contributed by atoms with Gasteiger partial charge in [0.1, 0.15) is 5.75 Å². The number of ether oxygens (including phenoxy) is 1. The standard InChI is InChI=1S/C16H21N3O2S2/c1-4-5-8-22-16-19-18-15(23-16)17-14(20)10-21-13-7-6-11(2)12(3)9-13/h6-7,9H,4-5,8,10H2,1-3H3,(H,17,18,20). The fraction of sp³-hybridized carbons (Fsp3) is 0.438. The number of carbonyl (C=O) groups is 1. The van der Waals surface area contributed by atoms with Crippen LogP contribution in [0.2, 0.25) is 0 Å². The quantitative estimate of drug-likeness (QED) is 0.441. The van der Waals surface area contributed by atoms with E-state index in [1.54, 1.807) is 11.8 Å². The molecule has 0 aliphatic heterocycles. The summed E-state index contributed by atoms with van der Waals surface area (Å²) >= 11 is 3.06. The maximum Gasteiger partial charge on any atom is 0.264 e. The summed E-state index contributed by atoms with van der Waals surface area (Å²) in [5, 5.41) is 11.3. The Morgan fingerprint density at radius 3 is 2.87 bits per heavy atom.